The highest BCUT2D eigenvalue weighted by Crippen LogP contribution is 2.26. The summed E-state index contributed by atoms with van der Waals surface area (Å²) in [5, 5.41) is 7.26. The minimum absolute atomic E-state index is 0.109. The van der Waals surface area contributed by atoms with E-state index in [1.807, 2.05) is 17.5 Å². The maximum atomic E-state index is 13.2. The van der Waals surface area contributed by atoms with Crippen LogP contribution in [0.1, 0.15) is 27.0 Å². The molecule has 0 saturated heterocycles. The summed E-state index contributed by atoms with van der Waals surface area (Å²) in [5.74, 6) is -1.09. The quantitative estimate of drug-likeness (QED) is 0.615. The average Bonchev–Trinajstić information content (AvgIpc) is 3.30. The molecule has 3 aromatic rings. The number of amides is 2. The largest absolute Gasteiger partial charge is 0.444 e. The molecule has 26 heavy (non-hydrogen) atoms. The second-order valence-electron chi connectivity index (χ2n) is 5.35. The van der Waals surface area contributed by atoms with Crippen molar-refractivity contribution in [3.8, 4) is 0 Å². The van der Waals surface area contributed by atoms with Crippen molar-refractivity contribution in [1.82, 2.24) is 10.6 Å². The summed E-state index contributed by atoms with van der Waals surface area (Å²) in [6, 6.07) is 12.4. The SMILES string of the molecule is O=C(CNC(=O)c1ccc(Br)o1)NC(c1ccc(F)cc1)c1cccs1. The smallest absolute Gasteiger partial charge is 0.287 e. The molecule has 0 fully saturated rings. The van der Waals surface area contributed by atoms with Crippen molar-refractivity contribution in [1.29, 1.82) is 0 Å². The summed E-state index contributed by atoms with van der Waals surface area (Å²) >= 11 is 4.59. The van der Waals surface area contributed by atoms with Crippen LogP contribution in [-0.4, -0.2) is 18.4 Å². The summed E-state index contributed by atoms with van der Waals surface area (Å²) in [5.41, 5.74) is 0.753. The van der Waals surface area contributed by atoms with Gasteiger partial charge in [-0.15, -0.1) is 11.3 Å². The number of carbonyl (C=O) groups excluding carboxylic acids is 2. The fourth-order valence-corrected chi connectivity index (χ4v) is 3.43. The van der Waals surface area contributed by atoms with E-state index >= 15 is 0 Å². The lowest BCUT2D eigenvalue weighted by Gasteiger charge is -2.18. The lowest BCUT2D eigenvalue weighted by molar-refractivity contribution is -0.120. The van der Waals surface area contributed by atoms with Crippen LogP contribution in [0, 0.1) is 5.82 Å². The topological polar surface area (TPSA) is 71.3 Å². The number of furan rings is 1. The molecule has 5 nitrogen and oxygen atoms in total. The van der Waals surface area contributed by atoms with Crippen molar-refractivity contribution in [3.63, 3.8) is 0 Å². The summed E-state index contributed by atoms with van der Waals surface area (Å²) in [6.07, 6.45) is 0. The highest BCUT2D eigenvalue weighted by Gasteiger charge is 2.19. The molecule has 0 spiro atoms. The van der Waals surface area contributed by atoms with Gasteiger partial charge >= 0.3 is 0 Å². The Balaban J connectivity index is 1.66. The Morgan fingerprint density at radius 2 is 1.92 bits per heavy atom. The molecule has 1 unspecified atom stereocenters. The van der Waals surface area contributed by atoms with Gasteiger partial charge in [-0.2, -0.15) is 0 Å². The van der Waals surface area contributed by atoms with Crippen LogP contribution >= 0.6 is 27.3 Å². The molecule has 0 aliphatic carbocycles. The molecule has 0 aliphatic rings. The average molecular weight is 437 g/mol. The van der Waals surface area contributed by atoms with Crippen LogP contribution in [0.3, 0.4) is 0 Å². The van der Waals surface area contributed by atoms with E-state index in [-0.39, 0.29) is 24.0 Å². The number of carbonyl (C=O) groups is 2. The van der Waals surface area contributed by atoms with Crippen molar-refractivity contribution in [2.24, 2.45) is 0 Å². The Morgan fingerprint density at radius 1 is 1.15 bits per heavy atom. The predicted octanol–water partition coefficient (Wildman–Crippen LogP) is 3.88. The minimum Gasteiger partial charge on any atom is -0.444 e. The molecule has 3 rings (SSSR count). The summed E-state index contributed by atoms with van der Waals surface area (Å²) in [4.78, 5) is 25.1. The first kappa shape index (κ1) is 18.3. The van der Waals surface area contributed by atoms with Crippen molar-refractivity contribution in [3.05, 3.63) is 80.6 Å². The van der Waals surface area contributed by atoms with Gasteiger partial charge < -0.3 is 15.1 Å². The maximum Gasteiger partial charge on any atom is 0.287 e. The molecule has 2 N–H and O–H groups in total. The van der Waals surface area contributed by atoms with Crippen molar-refractivity contribution >= 4 is 39.1 Å². The normalized spacial score (nSPS) is 11.8. The third-order valence-corrected chi connectivity index (χ3v) is 4.91. The van der Waals surface area contributed by atoms with E-state index in [9.17, 15) is 14.0 Å². The standard InChI is InChI=1S/C18H14BrFN2O3S/c19-15-8-7-13(25-15)18(24)21-10-16(23)22-17(14-2-1-9-26-14)11-3-5-12(20)6-4-11/h1-9,17H,10H2,(H,21,24)(H,22,23). The molecule has 0 bridgehead atoms. The number of rotatable bonds is 6. The summed E-state index contributed by atoms with van der Waals surface area (Å²) in [7, 11) is 0. The molecule has 0 radical (unpaired) electrons. The highest BCUT2D eigenvalue weighted by molar-refractivity contribution is 9.10. The molecule has 8 heteroatoms. The molecule has 2 amide bonds. The number of hydrogen-bond donors (Lipinski definition) is 2. The maximum absolute atomic E-state index is 13.2. The molecule has 134 valence electrons. The molecule has 0 saturated carbocycles. The van der Waals surface area contributed by atoms with Crippen LogP contribution in [-0.2, 0) is 4.79 Å². The summed E-state index contributed by atoms with van der Waals surface area (Å²) < 4.78 is 18.8. The van der Waals surface area contributed by atoms with Crippen LogP contribution in [0.25, 0.3) is 0 Å². The van der Waals surface area contributed by atoms with Gasteiger partial charge in [0.2, 0.25) is 5.91 Å². The molecule has 2 aromatic heterocycles. The molecule has 1 aromatic carbocycles. The van der Waals surface area contributed by atoms with Gasteiger partial charge in [0.15, 0.2) is 10.4 Å². The first-order valence-corrected chi connectivity index (χ1v) is 9.32. The van der Waals surface area contributed by atoms with Crippen LogP contribution in [0.15, 0.2) is 63.0 Å². The summed E-state index contributed by atoms with van der Waals surface area (Å²) in [6.45, 7) is -0.208. The van der Waals surface area contributed by atoms with Crippen molar-refractivity contribution in [2.75, 3.05) is 6.54 Å². The Kier molecular flexibility index (Phi) is 5.85. The van der Waals surface area contributed by atoms with Crippen LogP contribution in [0.4, 0.5) is 4.39 Å². The monoisotopic (exact) mass is 436 g/mol. The van der Waals surface area contributed by atoms with E-state index < -0.39 is 11.9 Å². The Bertz CT molecular complexity index is 894. The molecular formula is C18H14BrFN2O3S. The van der Waals surface area contributed by atoms with Gasteiger partial charge in [0, 0.05) is 4.88 Å². The number of benzene rings is 1. The fourth-order valence-electron chi connectivity index (χ4n) is 2.33. The van der Waals surface area contributed by atoms with Gasteiger partial charge in [-0.05, 0) is 57.2 Å². The van der Waals surface area contributed by atoms with Gasteiger partial charge in [-0.25, -0.2) is 4.39 Å². The number of thiophene rings is 1. The highest BCUT2D eigenvalue weighted by atomic mass is 79.9. The Morgan fingerprint density at radius 3 is 2.54 bits per heavy atom. The molecule has 1 atom stereocenters. The second-order valence-corrected chi connectivity index (χ2v) is 7.11. The third kappa shape index (κ3) is 4.59. The van der Waals surface area contributed by atoms with Gasteiger partial charge in [-0.1, -0.05) is 18.2 Å². The van der Waals surface area contributed by atoms with Gasteiger partial charge in [0.25, 0.3) is 5.91 Å². The van der Waals surface area contributed by atoms with E-state index in [1.165, 1.54) is 29.5 Å². The Hall–Kier alpha value is -2.45. The van der Waals surface area contributed by atoms with Crippen molar-refractivity contribution < 1.29 is 18.4 Å². The zero-order valence-electron chi connectivity index (χ0n) is 13.4. The third-order valence-electron chi connectivity index (χ3n) is 3.54. The number of halogens is 2. The molecule has 0 aliphatic heterocycles. The van der Waals surface area contributed by atoms with Crippen molar-refractivity contribution in [2.45, 2.75) is 6.04 Å². The van der Waals surface area contributed by atoms with E-state index in [2.05, 4.69) is 26.6 Å². The van der Waals surface area contributed by atoms with E-state index in [0.717, 1.165) is 10.4 Å². The zero-order chi connectivity index (χ0) is 18.5. The van der Waals surface area contributed by atoms with Crippen LogP contribution in [0.2, 0.25) is 0 Å². The fraction of sp³-hybridized carbons (Fsp3) is 0.111. The van der Waals surface area contributed by atoms with Crippen LogP contribution < -0.4 is 10.6 Å². The van der Waals surface area contributed by atoms with Gasteiger partial charge in [0.1, 0.15) is 5.82 Å². The predicted molar refractivity (Wildman–Crippen MR) is 99.4 cm³/mol. The number of hydrogen-bond acceptors (Lipinski definition) is 4. The second kappa shape index (κ2) is 8.29. The lowest BCUT2D eigenvalue weighted by atomic mass is 10.1. The Labute approximate surface area is 161 Å². The lowest BCUT2D eigenvalue weighted by Crippen LogP contribution is -2.38. The van der Waals surface area contributed by atoms with Crippen LogP contribution in [0.5, 0.6) is 0 Å². The van der Waals surface area contributed by atoms with Gasteiger partial charge in [-0.3, -0.25) is 9.59 Å². The van der Waals surface area contributed by atoms with E-state index in [1.54, 1.807) is 18.2 Å². The zero-order valence-corrected chi connectivity index (χ0v) is 15.8. The van der Waals surface area contributed by atoms with E-state index in [4.69, 9.17) is 4.42 Å². The van der Waals surface area contributed by atoms with E-state index in [0.29, 0.717) is 4.67 Å². The number of nitrogens with one attached hydrogen (secondary N) is 2. The van der Waals surface area contributed by atoms with Gasteiger partial charge in [0.05, 0.1) is 12.6 Å². The molecular weight excluding hydrogens is 423 g/mol. The first-order chi connectivity index (χ1) is 12.5. The minimum atomic E-state index is -0.486. The molecule has 2 heterocycles. The first-order valence-electron chi connectivity index (χ1n) is 7.64.